The van der Waals surface area contributed by atoms with Crippen molar-refractivity contribution in [3.05, 3.63) is 53.6 Å². The summed E-state index contributed by atoms with van der Waals surface area (Å²) in [4.78, 5) is 26.1. The summed E-state index contributed by atoms with van der Waals surface area (Å²) in [6.45, 7) is 0. The van der Waals surface area contributed by atoms with Gasteiger partial charge < -0.3 is 10.4 Å². The van der Waals surface area contributed by atoms with Crippen molar-refractivity contribution in [3.8, 4) is 0 Å². The summed E-state index contributed by atoms with van der Waals surface area (Å²) in [5.74, 6) is -1.16. The van der Waals surface area contributed by atoms with Gasteiger partial charge in [0.15, 0.2) is 0 Å². The van der Waals surface area contributed by atoms with Gasteiger partial charge in [-0.25, -0.2) is 24.9 Å². The van der Waals surface area contributed by atoms with Gasteiger partial charge in [0.25, 0.3) is 5.91 Å². The molecule has 0 saturated carbocycles. The number of aromatic carboxylic acids is 1. The molecule has 2 rings (SSSR count). The first kappa shape index (κ1) is 20.4. The fraction of sp³-hybridized carbons (Fsp3) is 0.300. The molecule has 2 N–H and O–H groups in total. The lowest BCUT2D eigenvalue weighted by atomic mass is 10.2. The minimum atomic E-state index is -0.985. The Bertz CT molecular complexity index is 799. The molecule has 0 fully saturated rings. The van der Waals surface area contributed by atoms with Crippen LogP contribution < -0.4 is 5.32 Å². The lowest BCUT2D eigenvalue weighted by Crippen LogP contribution is -2.13. The van der Waals surface area contributed by atoms with E-state index in [-0.39, 0.29) is 11.5 Å². The number of carbonyl (C=O) groups excluding carboxylic acids is 1. The van der Waals surface area contributed by atoms with Crippen LogP contribution in [-0.4, -0.2) is 54.5 Å². The van der Waals surface area contributed by atoms with Crippen LogP contribution in [0.1, 0.15) is 20.7 Å². The summed E-state index contributed by atoms with van der Waals surface area (Å²) >= 11 is 0. The van der Waals surface area contributed by atoms with Crippen LogP contribution in [0.3, 0.4) is 0 Å². The Morgan fingerprint density at radius 3 is 1.62 bits per heavy atom. The normalized spacial score (nSPS) is 13.2. The Balaban J connectivity index is 2.37. The largest absolute Gasteiger partial charge is 0.478 e. The van der Waals surface area contributed by atoms with Crippen molar-refractivity contribution >= 4 is 37.6 Å². The molecule has 0 aliphatic rings. The molecular formula is C20H27NO3S2. The van der Waals surface area contributed by atoms with Gasteiger partial charge in [-0.1, -0.05) is 0 Å². The fourth-order valence-corrected chi connectivity index (χ4v) is 4.31. The number of rotatable bonds is 5. The second-order valence-electron chi connectivity index (χ2n) is 7.70. The second-order valence-corrected chi connectivity index (χ2v) is 16.0. The molecule has 0 aliphatic carbocycles. The van der Waals surface area contributed by atoms with E-state index in [0.717, 1.165) is 0 Å². The highest BCUT2D eigenvalue weighted by Gasteiger charge is 2.18. The van der Waals surface area contributed by atoms with E-state index in [9.17, 15) is 9.59 Å². The molecule has 0 atom stereocenters. The van der Waals surface area contributed by atoms with E-state index in [4.69, 9.17) is 5.11 Å². The maximum absolute atomic E-state index is 12.8. The third-order valence-electron chi connectivity index (χ3n) is 3.95. The number of carboxylic acid groups (broad SMARTS) is 1. The number of anilines is 1. The van der Waals surface area contributed by atoms with Gasteiger partial charge in [0.1, 0.15) is 0 Å². The van der Waals surface area contributed by atoms with Gasteiger partial charge in [-0.05, 0) is 89.8 Å². The van der Waals surface area contributed by atoms with Crippen LogP contribution in [0.4, 0.5) is 5.69 Å². The zero-order valence-electron chi connectivity index (χ0n) is 16.1. The highest BCUT2D eigenvalue weighted by atomic mass is 32.3. The van der Waals surface area contributed by atoms with Gasteiger partial charge in [0.05, 0.1) is 5.56 Å². The Morgan fingerprint density at radius 2 is 1.23 bits per heavy atom. The molecule has 0 saturated heterocycles. The molecule has 2 aromatic carbocycles. The Kier molecular flexibility index (Phi) is 5.78. The van der Waals surface area contributed by atoms with Crippen LogP contribution in [0.5, 0.6) is 0 Å². The maximum atomic E-state index is 12.8. The highest BCUT2D eigenvalue weighted by Crippen LogP contribution is 2.51. The van der Waals surface area contributed by atoms with E-state index in [2.05, 4.69) is 48.9 Å². The predicted octanol–water partition coefficient (Wildman–Crippen LogP) is 4.74. The Hall–Kier alpha value is -1.92. The summed E-state index contributed by atoms with van der Waals surface area (Å²) in [7, 11) is -1.92. The van der Waals surface area contributed by atoms with E-state index in [1.807, 2.05) is 12.1 Å². The zero-order chi connectivity index (χ0) is 19.7. The summed E-state index contributed by atoms with van der Waals surface area (Å²) < 4.78 is 0. The minimum Gasteiger partial charge on any atom is -0.478 e. The summed E-state index contributed by atoms with van der Waals surface area (Å²) in [6.07, 6.45) is 13.3. The number of carbonyl (C=O) groups is 2. The third-order valence-corrected chi connectivity index (χ3v) is 7.25. The second kappa shape index (κ2) is 7.37. The van der Waals surface area contributed by atoms with Gasteiger partial charge in [-0.15, -0.1) is 0 Å². The van der Waals surface area contributed by atoms with E-state index in [1.54, 1.807) is 12.1 Å². The number of nitrogens with one attached hydrogen (secondary N) is 1. The molecular weight excluding hydrogens is 366 g/mol. The summed E-state index contributed by atoms with van der Waals surface area (Å²) in [5.41, 5.74) is 1.42. The van der Waals surface area contributed by atoms with Crippen LogP contribution in [0.15, 0.2) is 52.3 Å². The zero-order valence-corrected chi connectivity index (χ0v) is 17.8. The SMILES string of the molecule is CS(C)(C)c1cc(C(=O)Nc2ccc(C(=O)O)cc2)cc(S(C)(C)C)c1. The molecule has 0 aliphatic heterocycles. The topological polar surface area (TPSA) is 66.4 Å². The van der Waals surface area contributed by atoms with Gasteiger partial charge in [-0.2, -0.15) is 0 Å². The number of amides is 1. The van der Waals surface area contributed by atoms with Gasteiger partial charge >= 0.3 is 5.97 Å². The Morgan fingerprint density at radius 1 is 0.769 bits per heavy atom. The lowest BCUT2D eigenvalue weighted by molar-refractivity contribution is 0.0696. The van der Waals surface area contributed by atoms with Gasteiger partial charge in [-0.3, -0.25) is 4.79 Å². The molecule has 26 heavy (non-hydrogen) atoms. The smallest absolute Gasteiger partial charge is 0.335 e. The fourth-order valence-electron chi connectivity index (χ4n) is 2.31. The van der Waals surface area contributed by atoms with E-state index < -0.39 is 26.0 Å². The van der Waals surface area contributed by atoms with Crippen LogP contribution in [-0.2, 0) is 0 Å². The van der Waals surface area contributed by atoms with Crippen molar-refractivity contribution in [2.75, 3.05) is 42.9 Å². The van der Waals surface area contributed by atoms with Crippen LogP contribution in [0, 0.1) is 0 Å². The molecule has 0 aromatic heterocycles. The molecule has 142 valence electrons. The van der Waals surface area contributed by atoms with Crippen molar-refractivity contribution in [1.29, 1.82) is 0 Å². The molecule has 1 amide bonds. The molecule has 6 heteroatoms. The predicted molar refractivity (Wildman–Crippen MR) is 115 cm³/mol. The molecule has 4 nitrogen and oxygen atoms in total. The van der Waals surface area contributed by atoms with Crippen molar-refractivity contribution in [3.63, 3.8) is 0 Å². The van der Waals surface area contributed by atoms with Crippen molar-refractivity contribution < 1.29 is 14.7 Å². The highest BCUT2D eigenvalue weighted by molar-refractivity contribution is 8.32. The first-order valence-electron chi connectivity index (χ1n) is 8.04. The van der Waals surface area contributed by atoms with Crippen molar-refractivity contribution in [2.24, 2.45) is 0 Å². The molecule has 0 radical (unpaired) electrons. The summed E-state index contributed by atoms with van der Waals surface area (Å²) in [6, 6.07) is 12.4. The van der Waals surface area contributed by atoms with E-state index >= 15 is 0 Å². The molecule has 0 heterocycles. The average Bonchev–Trinajstić information content (AvgIpc) is 2.53. The molecule has 0 spiro atoms. The number of carboxylic acids is 1. The Labute approximate surface area is 158 Å². The van der Waals surface area contributed by atoms with Crippen LogP contribution in [0.2, 0.25) is 0 Å². The minimum absolute atomic E-state index is 0.177. The quantitative estimate of drug-likeness (QED) is 0.771. The molecule has 0 unspecified atom stereocenters. The monoisotopic (exact) mass is 393 g/mol. The van der Waals surface area contributed by atoms with Gasteiger partial charge in [0.2, 0.25) is 0 Å². The average molecular weight is 394 g/mol. The maximum Gasteiger partial charge on any atom is 0.335 e. The number of hydrogen-bond donors (Lipinski definition) is 2. The van der Waals surface area contributed by atoms with E-state index in [1.165, 1.54) is 21.9 Å². The summed E-state index contributed by atoms with van der Waals surface area (Å²) in [5, 5.41) is 11.8. The first-order valence-corrected chi connectivity index (χ1v) is 13.8. The molecule has 2 aromatic rings. The standard InChI is InChI=1S/C20H27NO3S2/c1-25(2,3)17-11-15(12-18(13-17)26(4,5)6)19(22)21-16-9-7-14(8-10-16)20(23)24/h7-13H,1-6H3,(H,21,22)(H,23,24). The van der Waals surface area contributed by atoms with Crippen molar-refractivity contribution in [2.45, 2.75) is 9.79 Å². The van der Waals surface area contributed by atoms with Crippen LogP contribution >= 0.6 is 20.1 Å². The van der Waals surface area contributed by atoms with E-state index in [0.29, 0.717) is 11.3 Å². The molecule has 0 bridgehead atoms. The lowest BCUT2D eigenvalue weighted by Gasteiger charge is -2.31. The number of benzene rings is 2. The van der Waals surface area contributed by atoms with Crippen LogP contribution in [0.25, 0.3) is 0 Å². The number of hydrogen-bond acceptors (Lipinski definition) is 2. The first-order chi connectivity index (χ1) is 11.9. The van der Waals surface area contributed by atoms with Gasteiger partial charge in [0, 0.05) is 11.3 Å². The van der Waals surface area contributed by atoms with Crippen molar-refractivity contribution in [1.82, 2.24) is 0 Å². The third kappa shape index (κ3) is 5.05.